The van der Waals surface area contributed by atoms with Gasteiger partial charge >= 0.3 is 5.97 Å². The van der Waals surface area contributed by atoms with E-state index in [9.17, 15) is 9.59 Å². The molecule has 0 amide bonds. The summed E-state index contributed by atoms with van der Waals surface area (Å²) in [7, 11) is 0. The van der Waals surface area contributed by atoms with Gasteiger partial charge in [-0.05, 0) is 0 Å². The van der Waals surface area contributed by atoms with Gasteiger partial charge in [-0.15, -0.1) is 0 Å². The first kappa shape index (κ1) is 10.7. The number of nitriles is 1. The molecule has 0 unspecified atom stereocenters. The number of hydrogen-bond donors (Lipinski definition) is 1. The molecule has 0 bridgehead atoms. The Kier molecular flexibility index (Phi) is 2.07. The molecule has 0 aromatic carbocycles. The Morgan fingerprint density at radius 2 is 2.06 bits per heavy atom. The summed E-state index contributed by atoms with van der Waals surface area (Å²) in [6.07, 6.45) is 0. The van der Waals surface area contributed by atoms with E-state index >= 15 is 0 Å². The van der Waals surface area contributed by atoms with Gasteiger partial charge in [0.1, 0.15) is 29.6 Å². The summed E-state index contributed by atoms with van der Waals surface area (Å²) < 4.78 is 6.45. The third kappa shape index (κ3) is 1.17. The van der Waals surface area contributed by atoms with E-state index in [1.54, 1.807) is 6.07 Å². The maximum absolute atomic E-state index is 12.1. The highest BCUT2D eigenvalue weighted by atomic mass is 16.5. The molecule has 0 radical (unpaired) electrons. The number of aromatic nitrogens is 1. The monoisotopic (exact) mass is 246 g/mol. The van der Waals surface area contributed by atoms with Gasteiger partial charge in [-0.25, -0.2) is 4.79 Å². The predicted molar refractivity (Wildman–Crippen MR) is 62.3 cm³/mol. The van der Waals surface area contributed by atoms with E-state index in [0.29, 0.717) is 25.5 Å². The van der Waals surface area contributed by atoms with Crippen LogP contribution in [0.1, 0.15) is 15.9 Å². The molecule has 3 heterocycles. The molecular weight excluding hydrogens is 236 g/mol. The summed E-state index contributed by atoms with van der Waals surface area (Å²) in [5.41, 5.74) is 5.21. The molecule has 3 rings (SSSR count). The fourth-order valence-electron chi connectivity index (χ4n) is 2.44. The number of pyridine rings is 1. The fraction of sp³-hybridized carbons (Fsp3) is 0.364. The van der Waals surface area contributed by atoms with E-state index < -0.39 is 11.5 Å². The molecular formula is C11H10N4O3. The lowest BCUT2D eigenvalue weighted by molar-refractivity contribution is 0.0527. The van der Waals surface area contributed by atoms with Crippen LogP contribution in [-0.2, 0) is 11.3 Å². The van der Waals surface area contributed by atoms with Crippen molar-refractivity contribution in [3.8, 4) is 6.07 Å². The minimum atomic E-state index is -0.572. The van der Waals surface area contributed by atoms with E-state index in [2.05, 4.69) is 0 Å². The molecule has 0 saturated carbocycles. The maximum Gasteiger partial charge on any atom is 0.344 e. The smallest absolute Gasteiger partial charge is 0.344 e. The lowest BCUT2D eigenvalue weighted by Gasteiger charge is -2.16. The van der Waals surface area contributed by atoms with Gasteiger partial charge in [0.05, 0.1) is 12.2 Å². The van der Waals surface area contributed by atoms with Gasteiger partial charge in [0.15, 0.2) is 0 Å². The maximum atomic E-state index is 12.1. The zero-order valence-electron chi connectivity index (χ0n) is 9.47. The van der Waals surface area contributed by atoms with E-state index in [4.69, 9.17) is 15.7 Å². The predicted octanol–water partition coefficient (Wildman–Crippen LogP) is -0.707. The molecule has 2 aliphatic rings. The Morgan fingerprint density at radius 1 is 1.28 bits per heavy atom. The van der Waals surface area contributed by atoms with Crippen molar-refractivity contribution in [3.63, 3.8) is 0 Å². The summed E-state index contributed by atoms with van der Waals surface area (Å²) in [5, 5.41) is 8.98. The molecule has 0 atom stereocenters. The van der Waals surface area contributed by atoms with Gasteiger partial charge in [0.2, 0.25) is 0 Å². The third-order valence-corrected chi connectivity index (χ3v) is 3.28. The first-order valence-corrected chi connectivity index (χ1v) is 5.53. The van der Waals surface area contributed by atoms with Crippen molar-refractivity contribution in [2.75, 3.05) is 30.3 Å². The Bertz CT molecular complexity index is 656. The standard InChI is InChI=1S/C11H10N4O3/c12-5-6-8(13)7-9-14(3-4-18-11(7)17)1-2-15(9)10(6)16/h1-4,13H2. The lowest BCUT2D eigenvalue weighted by atomic mass is 10.1. The number of nitrogens with two attached hydrogens (primary N) is 1. The molecule has 2 aliphatic heterocycles. The number of nitrogens with zero attached hydrogens (tertiary/aromatic N) is 3. The normalized spacial score (nSPS) is 16.8. The van der Waals surface area contributed by atoms with Crippen molar-refractivity contribution in [1.29, 1.82) is 5.26 Å². The second-order valence-corrected chi connectivity index (χ2v) is 4.18. The highest BCUT2D eigenvalue weighted by molar-refractivity contribution is 6.02. The topological polar surface area (TPSA) is 101 Å². The Hall–Kier alpha value is -2.49. The van der Waals surface area contributed by atoms with Crippen molar-refractivity contribution < 1.29 is 9.53 Å². The molecule has 0 spiro atoms. The number of hydrogen-bond acceptors (Lipinski definition) is 6. The fourth-order valence-corrected chi connectivity index (χ4v) is 2.44. The minimum absolute atomic E-state index is 0.0763. The van der Waals surface area contributed by atoms with Crippen molar-refractivity contribution in [2.24, 2.45) is 0 Å². The van der Waals surface area contributed by atoms with Gasteiger partial charge in [-0.1, -0.05) is 0 Å². The van der Waals surface area contributed by atoms with Gasteiger partial charge in [0, 0.05) is 13.1 Å². The molecule has 7 heteroatoms. The van der Waals surface area contributed by atoms with Crippen molar-refractivity contribution >= 4 is 17.5 Å². The molecule has 18 heavy (non-hydrogen) atoms. The van der Waals surface area contributed by atoms with Crippen LogP contribution >= 0.6 is 0 Å². The van der Waals surface area contributed by atoms with Gasteiger partial charge in [-0.2, -0.15) is 5.26 Å². The van der Waals surface area contributed by atoms with Crippen molar-refractivity contribution in [1.82, 2.24) is 4.57 Å². The second kappa shape index (κ2) is 3.50. The van der Waals surface area contributed by atoms with E-state index in [-0.39, 0.29) is 23.4 Å². The van der Waals surface area contributed by atoms with Crippen LogP contribution in [0, 0.1) is 11.3 Å². The van der Waals surface area contributed by atoms with E-state index in [0.717, 1.165) is 0 Å². The van der Waals surface area contributed by atoms with Gasteiger partial charge < -0.3 is 15.4 Å². The number of ether oxygens (including phenoxy) is 1. The molecule has 1 aromatic rings. The molecule has 7 nitrogen and oxygen atoms in total. The van der Waals surface area contributed by atoms with Gasteiger partial charge in [0.25, 0.3) is 5.56 Å². The number of nitrogen functional groups attached to an aromatic ring is 1. The summed E-state index contributed by atoms with van der Waals surface area (Å²) in [4.78, 5) is 25.8. The average molecular weight is 246 g/mol. The summed E-state index contributed by atoms with van der Waals surface area (Å²) >= 11 is 0. The van der Waals surface area contributed by atoms with Crippen LogP contribution in [-0.4, -0.2) is 30.2 Å². The quantitative estimate of drug-likeness (QED) is 0.607. The Morgan fingerprint density at radius 3 is 2.78 bits per heavy atom. The SMILES string of the molecule is N#Cc1c(N)c2c3n(c1=O)CCN3CCOC2=O. The minimum Gasteiger partial charge on any atom is -0.460 e. The van der Waals surface area contributed by atoms with E-state index in [1.807, 2.05) is 4.90 Å². The number of anilines is 2. The summed E-state index contributed by atoms with van der Waals surface area (Å²) in [6, 6.07) is 1.76. The molecule has 0 aliphatic carbocycles. The van der Waals surface area contributed by atoms with Crippen LogP contribution in [0.2, 0.25) is 0 Å². The van der Waals surface area contributed by atoms with Gasteiger partial charge in [-0.3, -0.25) is 9.36 Å². The third-order valence-electron chi connectivity index (χ3n) is 3.28. The van der Waals surface area contributed by atoms with Crippen LogP contribution in [0.4, 0.5) is 11.5 Å². The highest BCUT2D eigenvalue weighted by Crippen LogP contribution is 2.32. The highest BCUT2D eigenvalue weighted by Gasteiger charge is 2.34. The van der Waals surface area contributed by atoms with Crippen LogP contribution in [0.5, 0.6) is 0 Å². The molecule has 2 N–H and O–H groups in total. The zero-order valence-corrected chi connectivity index (χ0v) is 9.47. The number of rotatable bonds is 0. The molecule has 92 valence electrons. The largest absolute Gasteiger partial charge is 0.460 e. The number of carbonyl (C=O) groups excluding carboxylic acids is 1. The second-order valence-electron chi connectivity index (χ2n) is 4.18. The Labute approximate surface area is 102 Å². The van der Waals surface area contributed by atoms with Crippen LogP contribution in [0.15, 0.2) is 4.79 Å². The first-order chi connectivity index (χ1) is 8.65. The molecule has 0 fully saturated rings. The number of cyclic esters (lactones) is 1. The first-order valence-electron chi connectivity index (χ1n) is 5.53. The van der Waals surface area contributed by atoms with Crippen LogP contribution in [0.25, 0.3) is 0 Å². The zero-order chi connectivity index (χ0) is 12.9. The Balaban J connectivity index is 2.44. The van der Waals surface area contributed by atoms with E-state index in [1.165, 1.54) is 4.57 Å². The van der Waals surface area contributed by atoms with Crippen LogP contribution in [0.3, 0.4) is 0 Å². The lowest BCUT2D eigenvalue weighted by Crippen LogP contribution is -2.26. The van der Waals surface area contributed by atoms with Crippen molar-refractivity contribution in [3.05, 3.63) is 21.5 Å². The van der Waals surface area contributed by atoms with Crippen molar-refractivity contribution in [2.45, 2.75) is 6.54 Å². The molecule has 1 aromatic heterocycles. The van der Waals surface area contributed by atoms with Crippen LogP contribution < -0.4 is 16.2 Å². The summed E-state index contributed by atoms with van der Waals surface area (Å²) in [6.45, 7) is 1.86. The number of carbonyl (C=O) groups is 1. The summed E-state index contributed by atoms with van der Waals surface area (Å²) in [5.74, 6) is -0.0869. The molecule has 0 saturated heterocycles. The average Bonchev–Trinajstić information content (AvgIpc) is 2.67. The number of esters is 1.